The van der Waals surface area contributed by atoms with Gasteiger partial charge in [0.05, 0.1) is 5.69 Å². The van der Waals surface area contributed by atoms with E-state index in [0.717, 1.165) is 26.0 Å². The van der Waals surface area contributed by atoms with Gasteiger partial charge in [0, 0.05) is 9.77 Å². The SMILES string of the molecule is Cc1ccnc2c1nc(N)n2-c1cccc(I)c1. The van der Waals surface area contributed by atoms with E-state index in [-0.39, 0.29) is 0 Å². The molecule has 2 aromatic heterocycles. The van der Waals surface area contributed by atoms with E-state index in [0.29, 0.717) is 5.95 Å². The molecule has 0 atom stereocenters. The summed E-state index contributed by atoms with van der Waals surface area (Å²) < 4.78 is 3.03. The molecule has 0 fully saturated rings. The predicted molar refractivity (Wildman–Crippen MR) is 80.7 cm³/mol. The zero-order chi connectivity index (χ0) is 12.7. The molecule has 2 heterocycles. The maximum absolute atomic E-state index is 6.01. The molecule has 3 aromatic rings. The minimum absolute atomic E-state index is 0.466. The number of nitrogens with zero attached hydrogens (tertiary/aromatic N) is 3. The van der Waals surface area contributed by atoms with Gasteiger partial charge < -0.3 is 5.73 Å². The quantitative estimate of drug-likeness (QED) is 0.687. The molecule has 0 bridgehead atoms. The summed E-state index contributed by atoms with van der Waals surface area (Å²) in [7, 11) is 0. The highest BCUT2D eigenvalue weighted by Crippen LogP contribution is 2.24. The van der Waals surface area contributed by atoms with Crippen LogP contribution in [0.2, 0.25) is 0 Å². The Morgan fingerprint density at radius 2 is 2.11 bits per heavy atom. The molecule has 4 nitrogen and oxygen atoms in total. The molecule has 18 heavy (non-hydrogen) atoms. The number of halogens is 1. The van der Waals surface area contributed by atoms with Gasteiger partial charge in [0.1, 0.15) is 5.52 Å². The summed E-state index contributed by atoms with van der Waals surface area (Å²) in [5, 5.41) is 0. The van der Waals surface area contributed by atoms with E-state index in [1.807, 2.05) is 35.8 Å². The van der Waals surface area contributed by atoms with Crippen LogP contribution in [0.15, 0.2) is 36.5 Å². The van der Waals surface area contributed by atoms with E-state index in [4.69, 9.17) is 5.73 Å². The van der Waals surface area contributed by atoms with Crippen molar-refractivity contribution in [3.63, 3.8) is 0 Å². The van der Waals surface area contributed by atoms with Crippen molar-refractivity contribution < 1.29 is 0 Å². The maximum atomic E-state index is 6.01. The minimum atomic E-state index is 0.466. The largest absolute Gasteiger partial charge is 0.369 e. The molecule has 0 aliphatic carbocycles. The molecule has 0 saturated heterocycles. The Morgan fingerprint density at radius 3 is 2.89 bits per heavy atom. The normalized spacial score (nSPS) is 11.0. The summed E-state index contributed by atoms with van der Waals surface area (Å²) >= 11 is 2.28. The van der Waals surface area contributed by atoms with Gasteiger partial charge in [0.25, 0.3) is 0 Å². The average Bonchev–Trinajstić information content (AvgIpc) is 2.67. The molecular weight excluding hydrogens is 339 g/mol. The highest BCUT2D eigenvalue weighted by atomic mass is 127. The number of aromatic nitrogens is 3. The third-order valence-electron chi connectivity index (χ3n) is 2.84. The van der Waals surface area contributed by atoms with Crippen molar-refractivity contribution in [2.75, 3.05) is 5.73 Å². The molecule has 3 rings (SSSR count). The van der Waals surface area contributed by atoms with Crippen LogP contribution in [0, 0.1) is 10.5 Å². The number of nitrogens with two attached hydrogens (primary N) is 1. The van der Waals surface area contributed by atoms with Crippen molar-refractivity contribution in [1.82, 2.24) is 14.5 Å². The van der Waals surface area contributed by atoms with Crippen LogP contribution in [-0.4, -0.2) is 14.5 Å². The Hall–Kier alpha value is -1.63. The molecular formula is C13H11IN4. The van der Waals surface area contributed by atoms with Crippen LogP contribution < -0.4 is 5.73 Å². The highest BCUT2D eigenvalue weighted by Gasteiger charge is 2.12. The Bertz CT molecular complexity index is 733. The van der Waals surface area contributed by atoms with Crippen molar-refractivity contribution in [2.24, 2.45) is 0 Å². The Balaban J connectivity index is 2.36. The van der Waals surface area contributed by atoms with E-state index in [9.17, 15) is 0 Å². The lowest BCUT2D eigenvalue weighted by Crippen LogP contribution is -2.01. The fourth-order valence-electron chi connectivity index (χ4n) is 1.98. The van der Waals surface area contributed by atoms with E-state index in [1.54, 1.807) is 6.20 Å². The first-order valence-corrected chi connectivity index (χ1v) is 6.60. The van der Waals surface area contributed by atoms with Crippen LogP contribution in [0.3, 0.4) is 0 Å². The van der Waals surface area contributed by atoms with Gasteiger partial charge in [-0.2, -0.15) is 0 Å². The van der Waals surface area contributed by atoms with Gasteiger partial charge in [-0.3, -0.25) is 4.57 Å². The molecule has 5 heteroatoms. The van der Waals surface area contributed by atoms with Gasteiger partial charge in [0.2, 0.25) is 5.95 Å². The average molecular weight is 350 g/mol. The van der Waals surface area contributed by atoms with Gasteiger partial charge in [-0.1, -0.05) is 6.07 Å². The highest BCUT2D eigenvalue weighted by molar-refractivity contribution is 14.1. The Labute approximate surface area is 118 Å². The molecule has 0 radical (unpaired) electrons. The Morgan fingerprint density at radius 1 is 1.28 bits per heavy atom. The molecule has 0 unspecified atom stereocenters. The first-order chi connectivity index (χ1) is 8.66. The number of nitrogen functional groups attached to an aromatic ring is 1. The monoisotopic (exact) mass is 350 g/mol. The molecule has 2 N–H and O–H groups in total. The summed E-state index contributed by atoms with van der Waals surface area (Å²) in [5.74, 6) is 0.466. The molecule has 0 amide bonds. The van der Waals surface area contributed by atoms with Gasteiger partial charge in [-0.25, -0.2) is 9.97 Å². The fraction of sp³-hybridized carbons (Fsp3) is 0.0769. The zero-order valence-electron chi connectivity index (χ0n) is 9.76. The molecule has 1 aromatic carbocycles. The van der Waals surface area contributed by atoms with Crippen LogP contribution in [-0.2, 0) is 0 Å². The summed E-state index contributed by atoms with van der Waals surface area (Å²) in [6.45, 7) is 2.01. The molecule has 0 aliphatic rings. The topological polar surface area (TPSA) is 56.7 Å². The Kier molecular flexibility index (Phi) is 2.70. The van der Waals surface area contributed by atoms with Crippen molar-refractivity contribution in [3.8, 4) is 5.69 Å². The van der Waals surface area contributed by atoms with Gasteiger partial charge >= 0.3 is 0 Å². The smallest absolute Gasteiger partial charge is 0.207 e. The summed E-state index contributed by atoms with van der Waals surface area (Å²) in [6.07, 6.45) is 1.78. The number of pyridine rings is 1. The molecule has 0 saturated carbocycles. The third kappa shape index (κ3) is 1.74. The van der Waals surface area contributed by atoms with Crippen LogP contribution in [0.5, 0.6) is 0 Å². The standard InChI is InChI=1S/C13H11IN4/c1-8-5-6-16-12-11(8)17-13(15)18(12)10-4-2-3-9(14)7-10/h2-7H,1H3,(H2,15,17). The van der Waals surface area contributed by atoms with E-state index in [2.05, 4.69) is 38.6 Å². The lowest BCUT2D eigenvalue weighted by Gasteiger charge is -2.06. The van der Waals surface area contributed by atoms with Crippen molar-refractivity contribution in [1.29, 1.82) is 0 Å². The van der Waals surface area contributed by atoms with E-state index in [1.165, 1.54) is 0 Å². The number of rotatable bonds is 1. The van der Waals surface area contributed by atoms with Crippen molar-refractivity contribution in [3.05, 3.63) is 45.7 Å². The van der Waals surface area contributed by atoms with Crippen molar-refractivity contribution >= 4 is 39.7 Å². The van der Waals surface area contributed by atoms with Crippen LogP contribution >= 0.6 is 22.6 Å². The van der Waals surface area contributed by atoms with Gasteiger partial charge in [0.15, 0.2) is 5.65 Å². The van der Waals surface area contributed by atoms with E-state index >= 15 is 0 Å². The summed E-state index contributed by atoms with van der Waals surface area (Å²) in [6, 6.07) is 10.0. The molecule has 0 aliphatic heterocycles. The number of fused-ring (bicyclic) bond motifs is 1. The fourth-order valence-corrected chi connectivity index (χ4v) is 2.51. The zero-order valence-corrected chi connectivity index (χ0v) is 11.9. The first kappa shape index (κ1) is 11.5. The first-order valence-electron chi connectivity index (χ1n) is 5.52. The lowest BCUT2D eigenvalue weighted by molar-refractivity contribution is 1.08. The second-order valence-electron chi connectivity index (χ2n) is 4.09. The number of hydrogen-bond acceptors (Lipinski definition) is 3. The second kappa shape index (κ2) is 4.24. The molecule has 90 valence electrons. The maximum Gasteiger partial charge on any atom is 0.207 e. The number of imidazole rings is 1. The van der Waals surface area contributed by atoms with Gasteiger partial charge in [-0.05, 0) is 59.3 Å². The second-order valence-corrected chi connectivity index (χ2v) is 5.33. The number of anilines is 1. The van der Waals surface area contributed by atoms with Crippen molar-refractivity contribution in [2.45, 2.75) is 6.92 Å². The van der Waals surface area contributed by atoms with Crippen LogP contribution in [0.25, 0.3) is 16.9 Å². The number of benzene rings is 1. The number of hydrogen-bond donors (Lipinski definition) is 1. The lowest BCUT2D eigenvalue weighted by atomic mass is 10.2. The molecule has 0 spiro atoms. The van der Waals surface area contributed by atoms with Crippen LogP contribution in [0.4, 0.5) is 5.95 Å². The summed E-state index contributed by atoms with van der Waals surface area (Å²) in [5.41, 5.74) is 9.74. The predicted octanol–water partition coefficient (Wildman–Crippen LogP) is 2.92. The number of aryl methyl sites for hydroxylation is 1. The van der Waals surface area contributed by atoms with E-state index < -0.39 is 0 Å². The minimum Gasteiger partial charge on any atom is -0.369 e. The van der Waals surface area contributed by atoms with Gasteiger partial charge in [-0.15, -0.1) is 0 Å². The summed E-state index contributed by atoms with van der Waals surface area (Å²) in [4.78, 5) is 8.78. The third-order valence-corrected chi connectivity index (χ3v) is 3.51. The van der Waals surface area contributed by atoms with Crippen LogP contribution in [0.1, 0.15) is 5.56 Å².